The first-order chi connectivity index (χ1) is 19.0. The first-order valence-electron chi connectivity index (χ1n) is 12.9. The molecular formula is C32H31NO5S. The number of ether oxygens (including phenoxy) is 2. The summed E-state index contributed by atoms with van der Waals surface area (Å²) in [5.74, 6) is -0.239. The van der Waals surface area contributed by atoms with Gasteiger partial charge >= 0.3 is 5.97 Å². The number of aromatic carboxylic acids is 1. The van der Waals surface area contributed by atoms with Gasteiger partial charge in [0.05, 0.1) is 24.4 Å². The molecule has 200 valence electrons. The van der Waals surface area contributed by atoms with Crippen LogP contribution in [0, 0.1) is 0 Å². The number of nitrogens with two attached hydrogens (primary N) is 1. The topological polar surface area (TPSA) is 102 Å². The van der Waals surface area contributed by atoms with Crippen LogP contribution < -0.4 is 5.73 Å². The molecule has 7 heteroatoms. The van der Waals surface area contributed by atoms with Crippen molar-refractivity contribution in [2.75, 3.05) is 5.75 Å². The lowest BCUT2D eigenvalue weighted by Crippen LogP contribution is -2.31. The molecule has 1 heterocycles. The Morgan fingerprint density at radius 1 is 0.846 bits per heavy atom. The Morgan fingerprint density at radius 2 is 1.56 bits per heavy atom. The van der Waals surface area contributed by atoms with E-state index in [-0.39, 0.29) is 24.4 Å². The highest BCUT2D eigenvalue weighted by atomic mass is 32.2. The average Bonchev–Trinajstić information content (AvgIpc) is 3.00. The number of thioether (sulfide) groups is 1. The summed E-state index contributed by atoms with van der Waals surface area (Å²) >= 11 is 1.63. The van der Waals surface area contributed by atoms with Gasteiger partial charge in [0.1, 0.15) is 0 Å². The predicted octanol–water partition coefficient (Wildman–Crippen LogP) is 6.34. The van der Waals surface area contributed by atoms with Gasteiger partial charge in [-0.05, 0) is 58.1 Å². The monoisotopic (exact) mass is 541 g/mol. The summed E-state index contributed by atoms with van der Waals surface area (Å²) in [6.45, 7) is 0.497. The highest BCUT2D eigenvalue weighted by Crippen LogP contribution is 2.40. The molecule has 6 nitrogen and oxygen atoms in total. The molecule has 1 fully saturated rings. The van der Waals surface area contributed by atoms with Crippen LogP contribution in [0.25, 0.3) is 11.1 Å². The highest BCUT2D eigenvalue weighted by Gasteiger charge is 2.32. The van der Waals surface area contributed by atoms with Crippen molar-refractivity contribution in [3.8, 4) is 11.1 Å². The van der Waals surface area contributed by atoms with Gasteiger partial charge in [0.25, 0.3) is 0 Å². The summed E-state index contributed by atoms with van der Waals surface area (Å²) in [6.07, 6.45) is -0.113. The molecule has 0 radical (unpaired) electrons. The van der Waals surface area contributed by atoms with E-state index < -0.39 is 12.3 Å². The maximum atomic E-state index is 11.2. The Balaban J connectivity index is 1.34. The molecule has 4 aromatic rings. The van der Waals surface area contributed by atoms with Crippen LogP contribution in [-0.2, 0) is 22.6 Å². The number of carboxylic acid groups (broad SMARTS) is 1. The molecule has 1 aliphatic rings. The first-order valence-corrected chi connectivity index (χ1v) is 13.9. The molecule has 0 saturated carbocycles. The lowest BCUT2D eigenvalue weighted by molar-refractivity contribution is -0.245. The van der Waals surface area contributed by atoms with Crippen LogP contribution in [-0.4, -0.2) is 28.0 Å². The third kappa shape index (κ3) is 6.76. The summed E-state index contributed by atoms with van der Waals surface area (Å²) in [4.78, 5) is 12.2. The molecule has 1 saturated heterocycles. The third-order valence-electron chi connectivity index (χ3n) is 6.83. The van der Waals surface area contributed by atoms with Crippen molar-refractivity contribution in [1.29, 1.82) is 0 Å². The van der Waals surface area contributed by atoms with Crippen molar-refractivity contribution in [2.24, 2.45) is 5.73 Å². The molecule has 0 unspecified atom stereocenters. The smallest absolute Gasteiger partial charge is 0.335 e. The maximum Gasteiger partial charge on any atom is 0.335 e. The molecule has 0 spiro atoms. The number of carbonyl (C=O) groups is 1. The van der Waals surface area contributed by atoms with Gasteiger partial charge in [0.2, 0.25) is 0 Å². The Hall–Kier alpha value is -3.46. The quantitative estimate of drug-likeness (QED) is 0.213. The van der Waals surface area contributed by atoms with Gasteiger partial charge in [-0.1, -0.05) is 66.7 Å². The van der Waals surface area contributed by atoms with Gasteiger partial charge in [-0.2, -0.15) is 0 Å². The van der Waals surface area contributed by atoms with Gasteiger partial charge in [0, 0.05) is 29.2 Å². The van der Waals surface area contributed by atoms with Crippen LogP contribution in [0.15, 0.2) is 102 Å². The van der Waals surface area contributed by atoms with E-state index in [9.17, 15) is 9.90 Å². The Kier molecular flexibility index (Phi) is 8.76. The predicted molar refractivity (Wildman–Crippen MR) is 152 cm³/mol. The summed E-state index contributed by atoms with van der Waals surface area (Å²) in [6, 6.07) is 31.2. The second kappa shape index (κ2) is 12.6. The van der Waals surface area contributed by atoms with Crippen LogP contribution in [0.5, 0.6) is 0 Å². The van der Waals surface area contributed by atoms with Crippen molar-refractivity contribution >= 4 is 17.7 Å². The molecule has 0 aliphatic carbocycles. The van der Waals surface area contributed by atoms with E-state index >= 15 is 0 Å². The van der Waals surface area contributed by atoms with E-state index in [1.807, 2.05) is 60.7 Å². The van der Waals surface area contributed by atoms with Crippen LogP contribution in [0.3, 0.4) is 0 Å². The zero-order valence-electron chi connectivity index (χ0n) is 21.4. The lowest BCUT2D eigenvalue weighted by Gasteiger charge is -2.36. The fourth-order valence-electron chi connectivity index (χ4n) is 4.62. The van der Waals surface area contributed by atoms with Crippen molar-refractivity contribution in [3.05, 3.63) is 125 Å². The molecule has 4 aromatic carbocycles. The number of hydrogen-bond donors (Lipinski definition) is 3. The zero-order valence-corrected chi connectivity index (χ0v) is 22.2. The summed E-state index contributed by atoms with van der Waals surface area (Å²) in [7, 11) is 0. The number of aliphatic hydroxyl groups is 1. The Morgan fingerprint density at radius 3 is 2.23 bits per heavy atom. The average molecular weight is 542 g/mol. The van der Waals surface area contributed by atoms with E-state index in [4.69, 9.17) is 20.3 Å². The van der Waals surface area contributed by atoms with Crippen molar-refractivity contribution in [2.45, 2.75) is 43.0 Å². The molecule has 0 bridgehead atoms. The van der Waals surface area contributed by atoms with E-state index in [1.54, 1.807) is 23.9 Å². The molecule has 5 rings (SSSR count). The molecular weight excluding hydrogens is 510 g/mol. The maximum absolute atomic E-state index is 11.2. The molecule has 39 heavy (non-hydrogen) atoms. The number of aliphatic hydroxyl groups excluding tert-OH is 1. The van der Waals surface area contributed by atoms with E-state index in [2.05, 4.69) is 24.3 Å². The SMILES string of the molecule is NCc1cccc(-c2ccc([C@H]3O[C@@H](CSc4ccc(C(=O)O)cc4)C[C@@H](c4ccc(CO)cc4)O3)cc2)c1. The van der Waals surface area contributed by atoms with E-state index in [0.717, 1.165) is 38.3 Å². The summed E-state index contributed by atoms with van der Waals surface area (Å²) in [5.41, 5.74) is 12.2. The minimum atomic E-state index is -0.935. The Bertz CT molecular complexity index is 1390. The molecule has 3 atom stereocenters. The minimum absolute atomic E-state index is 0.00197. The lowest BCUT2D eigenvalue weighted by atomic mass is 9.99. The van der Waals surface area contributed by atoms with Gasteiger partial charge in [-0.15, -0.1) is 11.8 Å². The van der Waals surface area contributed by atoms with E-state index in [1.165, 1.54) is 0 Å². The Labute approximate surface area is 232 Å². The van der Waals surface area contributed by atoms with Crippen molar-refractivity contribution < 1.29 is 24.5 Å². The van der Waals surface area contributed by atoms with Crippen LogP contribution in [0.4, 0.5) is 0 Å². The van der Waals surface area contributed by atoms with Gasteiger partial charge < -0.3 is 25.4 Å². The second-order valence-corrected chi connectivity index (χ2v) is 10.6. The minimum Gasteiger partial charge on any atom is -0.478 e. The van der Waals surface area contributed by atoms with E-state index in [0.29, 0.717) is 18.7 Å². The first kappa shape index (κ1) is 27.1. The fourth-order valence-corrected chi connectivity index (χ4v) is 5.54. The van der Waals surface area contributed by atoms with Gasteiger partial charge in [-0.3, -0.25) is 0 Å². The van der Waals surface area contributed by atoms with Crippen LogP contribution in [0.1, 0.15) is 51.4 Å². The van der Waals surface area contributed by atoms with Crippen LogP contribution in [0.2, 0.25) is 0 Å². The zero-order chi connectivity index (χ0) is 27.2. The molecule has 0 aromatic heterocycles. The van der Waals surface area contributed by atoms with Gasteiger partial charge in [0.15, 0.2) is 6.29 Å². The highest BCUT2D eigenvalue weighted by molar-refractivity contribution is 7.99. The number of rotatable bonds is 9. The van der Waals surface area contributed by atoms with Crippen molar-refractivity contribution in [3.63, 3.8) is 0 Å². The van der Waals surface area contributed by atoms with Gasteiger partial charge in [-0.25, -0.2) is 4.79 Å². The largest absolute Gasteiger partial charge is 0.478 e. The summed E-state index contributed by atoms with van der Waals surface area (Å²) < 4.78 is 12.9. The third-order valence-corrected chi connectivity index (χ3v) is 7.97. The normalized spacial score (nSPS) is 19.1. The molecule has 4 N–H and O–H groups in total. The number of benzene rings is 4. The molecule has 1 aliphatic heterocycles. The number of hydrogen-bond acceptors (Lipinski definition) is 6. The van der Waals surface area contributed by atoms with Crippen molar-refractivity contribution in [1.82, 2.24) is 0 Å². The standard InChI is InChI=1S/C32H31NO5S/c33-18-22-2-1-3-27(16-22)23-8-10-26(11-9-23)32-37-28(20-39-29-14-12-25(13-15-29)31(35)36)17-30(38-32)24-6-4-21(19-34)5-7-24/h1-16,28,30,32,34H,17-20,33H2,(H,35,36)/t28-,30+,32+/m1/s1. The summed E-state index contributed by atoms with van der Waals surface area (Å²) in [5, 5.41) is 18.6. The molecule has 0 amide bonds. The number of carboxylic acids is 1. The fraction of sp³-hybridized carbons (Fsp3) is 0.219. The second-order valence-electron chi connectivity index (χ2n) is 9.52. The van der Waals surface area contributed by atoms with Crippen LogP contribution >= 0.6 is 11.8 Å².